The van der Waals surface area contributed by atoms with Gasteiger partial charge in [-0.3, -0.25) is 4.57 Å². The fourth-order valence-electron chi connectivity index (χ4n) is 3.04. The first-order valence-corrected chi connectivity index (χ1v) is 9.46. The standard InChI is InChI=1S/C17H18FN5O4S/c18-9-3-1-8(2-4-9)6-28-15-11-14(21-17(19)22-15)23(7-20-11)16-13(26)12(25)10(5-24)27-16/h1-4,7,10,12-13,16,24-26H,5-6H2,(H2,19,21,22)/t10-,12+,13-,16+/m0/s1. The summed E-state index contributed by atoms with van der Waals surface area (Å²) in [6.45, 7) is -0.433. The molecule has 3 aromatic rings. The molecule has 1 aromatic carbocycles. The number of ether oxygens (including phenoxy) is 1. The van der Waals surface area contributed by atoms with Gasteiger partial charge < -0.3 is 25.8 Å². The van der Waals surface area contributed by atoms with E-state index in [2.05, 4.69) is 15.0 Å². The van der Waals surface area contributed by atoms with E-state index in [4.69, 9.17) is 10.5 Å². The Morgan fingerprint density at radius 3 is 2.61 bits per heavy atom. The van der Waals surface area contributed by atoms with E-state index < -0.39 is 31.1 Å². The molecular formula is C17H18FN5O4S. The number of aliphatic hydroxyl groups is 3. The number of rotatable bonds is 5. The van der Waals surface area contributed by atoms with Gasteiger partial charge in [-0.05, 0) is 17.7 Å². The molecule has 0 amide bonds. The maximum absolute atomic E-state index is 13.1. The van der Waals surface area contributed by atoms with Crippen molar-refractivity contribution in [2.24, 2.45) is 0 Å². The van der Waals surface area contributed by atoms with Crippen LogP contribution in [0.25, 0.3) is 11.2 Å². The molecule has 0 spiro atoms. The number of imidazole rings is 1. The first-order valence-electron chi connectivity index (χ1n) is 8.47. The minimum absolute atomic E-state index is 0.0163. The molecule has 3 heterocycles. The van der Waals surface area contributed by atoms with E-state index in [1.807, 2.05) is 0 Å². The van der Waals surface area contributed by atoms with Crippen molar-refractivity contribution in [2.75, 3.05) is 12.3 Å². The summed E-state index contributed by atoms with van der Waals surface area (Å²) in [5.41, 5.74) is 7.53. The summed E-state index contributed by atoms with van der Waals surface area (Å²) in [7, 11) is 0. The van der Waals surface area contributed by atoms with E-state index in [-0.39, 0.29) is 11.8 Å². The number of halogens is 1. The van der Waals surface area contributed by atoms with Crippen molar-refractivity contribution in [1.82, 2.24) is 19.5 Å². The number of aliphatic hydroxyl groups excluding tert-OH is 3. The van der Waals surface area contributed by atoms with E-state index in [9.17, 15) is 19.7 Å². The monoisotopic (exact) mass is 407 g/mol. The summed E-state index contributed by atoms with van der Waals surface area (Å²) in [4.78, 5) is 12.7. The zero-order valence-electron chi connectivity index (χ0n) is 14.5. The Hall–Kier alpha value is -2.31. The fraction of sp³-hybridized carbons (Fsp3) is 0.353. The first kappa shape index (κ1) is 19.0. The van der Waals surface area contributed by atoms with Gasteiger partial charge in [0.2, 0.25) is 5.95 Å². The lowest BCUT2D eigenvalue weighted by Gasteiger charge is -2.16. The quantitative estimate of drug-likeness (QED) is 0.351. The zero-order valence-corrected chi connectivity index (χ0v) is 15.3. The number of nitrogens with two attached hydrogens (primary N) is 1. The molecule has 11 heteroatoms. The molecule has 28 heavy (non-hydrogen) atoms. The van der Waals surface area contributed by atoms with Crippen LogP contribution in [0.5, 0.6) is 0 Å². The Bertz CT molecular complexity index is 986. The van der Waals surface area contributed by atoms with Gasteiger partial charge in [-0.2, -0.15) is 4.98 Å². The Labute approximate surface area is 163 Å². The van der Waals surface area contributed by atoms with E-state index in [0.717, 1.165) is 5.56 Å². The molecule has 0 saturated carbocycles. The van der Waals surface area contributed by atoms with Crippen LogP contribution in [0.4, 0.5) is 10.3 Å². The van der Waals surface area contributed by atoms with E-state index in [1.165, 1.54) is 34.8 Å². The van der Waals surface area contributed by atoms with Crippen LogP contribution in [0.1, 0.15) is 11.8 Å². The summed E-state index contributed by atoms with van der Waals surface area (Å²) in [6.07, 6.45) is -2.97. The Morgan fingerprint density at radius 2 is 1.93 bits per heavy atom. The van der Waals surface area contributed by atoms with Gasteiger partial charge in [-0.25, -0.2) is 14.4 Å². The highest BCUT2D eigenvalue weighted by atomic mass is 32.2. The largest absolute Gasteiger partial charge is 0.394 e. The summed E-state index contributed by atoms with van der Waals surface area (Å²) in [6, 6.07) is 6.14. The highest BCUT2D eigenvalue weighted by Crippen LogP contribution is 2.34. The van der Waals surface area contributed by atoms with Crippen molar-refractivity contribution >= 4 is 28.9 Å². The lowest BCUT2D eigenvalue weighted by molar-refractivity contribution is -0.0511. The maximum Gasteiger partial charge on any atom is 0.223 e. The Morgan fingerprint density at radius 1 is 1.18 bits per heavy atom. The van der Waals surface area contributed by atoms with Crippen LogP contribution in [0.3, 0.4) is 0 Å². The van der Waals surface area contributed by atoms with E-state index in [0.29, 0.717) is 21.9 Å². The molecule has 1 fully saturated rings. The summed E-state index contributed by atoms with van der Waals surface area (Å²) >= 11 is 1.36. The van der Waals surface area contributed by atoms with Crippen LogP contribution in [0.15, 0.2) is 35.6 Å². The minimum Gasteiger partial charge on any atom is -0.394 e. The molecule has 1 aliphatic rings. The molecule has 4 atom stereocenters. The molecule has 0 unspecified atom stereocenters. The van der Waals surface area contributed by atoms with E-state index >= 15 is 0 Å². The summed E-state index contributed by atoms with van der Waals surface area (Å²) < 4.78 is 20.0. The van der Waals surface area contributed by atoms with Crippen molar-refractivity contribution in [1.29, 1.82) is 0 Å². The number of hydrogen-bond donors (Lipinski definition) is 4. The third kappa shape index (κ3) is 3.42. The normalized spacial score (nSPS) is 24.9. The molecule has 5 N–H and O–H groups in total. The van der Waals surface area contributed by atoms with Crippen molar-refractivity contribution in [3.63, 3.8) is 0 Å². The molecule has 2 aromatic heterocycles. The third-order valence-corrected chi connectivity index (χ3v) is 5.52. The van der Waals surface area contributed by atoms with Crippen LogP contribution in [0.2, 0.25) is 0 Å². The molecule has 1 aliphatic heterocycles. The smallest absolute Gasteiger partial charge is 0.223 e. The lowest BCUT2D eigenvalue weighted by Crippen LogP contribution is -2.33. The molecule has 148 valence electrons. The predicted molar refractivity (Wildman–Crippen MR) is 98.7 cm³/mol. The molecule has 0 aliphatic carbocycles. The van der Waals surface area contributed by atoms with Crippen molar-refractivity contribution in [3.05, 3.63) is 42.0 Å². The highest BCUT2D eigenvalue weighted by molar-refractivity contribution is 7.98. The fourth-order valence-corrected chi connectivity index (χ4v) is 3.97. The third-order valence-electron chi connectivity index (χ3n) is 4.49. The second-order valence-corrected chi connectivity index (χ2v) is 7.32. The SMILES string of the molecule is Nc1nc(SCc2ccc(F)cc2)c2ncn([C@@H]3O[C@@H](CO)[C@@H](O)[C@@H]3O)c2n1. The van der Waals surface area contributed by atoms with E-state index in [1.54, 1.807) is 12.1 Å². The minimum atomic E-state index is -1.26. The number of fused-ring (bicyclic) bond motifs is 1. The van der Waals surface area contributed by atoms with Crippen molar-refractivity contribution < 1.29 is 24.4 Å². The van der Waals surface area contributed by atoms with Crippen LogP contribution in [-0.2, 0) is 10.5 Å². The first-order chi connectivity index (χ1) is 13.5. The van der Waals surface area contributed by atoms with Crippen LogP contribution in [0, 0.1) is 5.82 Å². The average molecular weight is 407 g/mol. The number of aromatic nitrogens is 4. The zero-order chi connectivity index (χ0) is 19.8. The lowest BCUT2D eigenvalue weighted by atomic mass is 10.1. The number of nitrogens with zero attached hydrogens (tertiary/aromatic N) is 4. The Balaban J connectivity index is 1.64. The van der Waals surface area contributed by atoms with Gasteiger partial charge in [0.25, 0.3) is 0 Å². The number of anilines is 1. The number of nitrogen functional groups attached to an aromatic ring is 1. The number of thioether (sulfide) groups is 1. The highest BCUT2D eigenvalue weighted by Gasteiger charge is 2.44. The molecule has 9 nitrogen and oxygen atoms in total. The summed E-state index contributed by atoms with van der Waals surface area (Å²) in [5.74, 6) is 0.231. The summed E-state index contributed by atoms with van der Waals surface area (Å²) in [5, 5.41) is 30.0. The molecule has 0 radical (unpaired) electrons. The van der Waals surface area contributed by atoms with Gasteiger partial charge in [-0.1, -0.05) is 23.9 Å². The maximum atomic E-state index is 13.1. The van der Waals surface area contributed by atoms with Gasteiger partial charge in [0.15, 0.2) is 11.9 Å². The van der Waals surface area contributed by atoms with Gasteiger partial charge in [0, 0.05) is 5.75 Å². The average Bonchev–Trinajstić information content (AvgIpc) is 3.22. The van der Waals surface area contributed by atoms with Gasteiger partial charge in [0.1, 0.15) is 34.7 Å². The van der Waals surface area contributed by atoms with Gasteiger partial charge >= 0.3 is 0 Å². The van der Waals surface area contributed by atoms with Crippen molar-refractivity contribution in [2.45, 2.75) is 35.3 Å². The second kappa shape index (κ2) is 7.60. The van der Waals surface area contributed by atoms with Gasteiger partial charge in [0.05, 0.1) is 12.9 Å². The second-order valence-electron chi connectivity index (χ2n) is 6.36. The van der Waals surface area contributed by atoms with Crippen LogP contribution in [-0.4, -0.2) is 59.8 Å². The van der Waals surface area contributed by atoms with Crippen molar-refractivity contribution in [3.8, 4) is 0 Å². The van der Waals surface area contributed by atoms with Gasteiger partial charge in [-0.15, -0.1) is 0 Å². The number of hydrogen-bond acceptors (Lipinski definition) is 9. The van der Waals surface area contributed by atoms with Crippen LogP contribution < -0.4 is 5.73 Å². The molecule has 4 rings (SSSR count). The molecular weight excluding hydrogens is 389 g/mol. The predicted octanol–water partition coefficient (Wildman–Crippen LogP) is 0.451. The van der Waals surface area contributed by atoms with Crippen LogP contribution >= 0.6 is 11.8 Å². The Kier molecular flexibility index (Phi) is 5.17. The number of benzene rings is 1. The molecule has 0 bridgehead atoms. The molecule has 1 saturated heterocycles. The topological polar surface area (TPSA) is 140 Å².